The molecule has 1 aliphatic heterocycles. The third-order valence-corrected chi connectivity index (χ3v) is 5.11. The highest BCUT2D eigenvalue weighted by Crippen LogP contribution is 2.36. The fraction of sp³-hybridized carbons (Fsp3) is 0.381. The first-order valence-electron chi connectivity index (χ1n) is 9.94. The molecule has 164 valence electrons. The summed E-state index contributed by atoms with van der Waals surface area (Å²) in [7, 11) is 1.38. The average Bonchev–Trinajstić information content (AvgIpc) is 2.79. The summed E-state index contributed by atoms with van der Waals surface area (Å²) in [5.41, 5.74) is 0.257. The van der Waals surface area contributed by atoms with Crippen LogP contribution in [0.4, 0.5) is 11.4 Å². The van der Waals surface area contributed by atoms with Gasteiger partial charge in [0.25, 0.3) is 11.6 Å². The van der Waals surface area contributed by atoms with Crippen molar-refractivity contribution < 1.29 is 24.0 Å². The number of nitro benzene ring substituents is 1. The first-order chi connectivity index (χ1) is 14.9. The van der Waals surface area contributed by atoms with Gasteiger partial charge in [-0.25, -0.2) is 0 Å². The van der Waals surface area contributed by atoms with E-state index in [0.717, 1.165) is 0 Å². The van der Waals surface area contributed by atoms with Gasteiger partial charge in [0.15, 0.2) is 11.5 Å². The van der Waals surface area contributed by atoms with E-state index < -0.39 is 10.8 Å². The first-order valence-corrected chi connectivity index (χ1v) is 9.94. The molecule has 1 saturated heterocycles. The summed E-state index contributed by atoms with van der Waals surface area (Å²) in [6, 6.07) is 5.96. The number of aromatic nitrogens is 1. The zero-order valence-corrected chi connectivity index (χ0v) is 17.4. The molecule has 0 spiro atoms. The lowest BCUT2D eigenvalue weighted by molar-refractivity contribution is -0.385. The summed E-state index contributed by atoms with van der Waals surface area (Å²) in [6.07, 6.45) is 4.11. The zero-order valence-electron chi connectivity index (χ0n) is 17.4. The predicted molar refractivity (Wildman–Crippen MR) is 112 cm³/mol. The van der Waals surface area contributed by atoms with Crippen molar-refractivity contribution in [2.24, 2.45) is 5.92 Å². The number of amides is 2. The number of carbonyl (C=O) groups is 2. The van der Waals surface area contributed by atoms with E-state index in [1.807, 2.05) is 0 Å². The van der Waals surface area contributed by atoms with Gasteiger partial charge >= 0.3 is 0 Å². The Balaban J connectivity index is 1.72. The van der Waals surface area contributed by atoms with E-state index in [2.05, 4.69) is 10.3 Å². The van der Waals surface area contributed by atoms with Crippen molar-refractivity contribution in [1.29, 1.82) is 0 Å². The molecular formula is C21H24N4O6. The van der Waals surface area contributed by atoms with Crippen molar-refractivity contribution >= 4 is 23.2 Å². The molecule has 10 nitrogen and oxygen atoms in total. The van der Waals surface area contributed by atoms with Gasteiger partial charge < -0.3 is 19.7 Å². The van der Waals surface area contributed by atoms with Crippen LogP contribution in [-0.4, -0.2) is 53.4 Å². The number of carbonyl (C=O) groups excluding carboxylic acids is 2. The second-order valence-corrected chi connectivity index (χ2v) is 7.00. The van der Waals surface area contributed by atoms with Crippen LogP contribution in [0.2, 0.25) is 0 Å². The maximum atomic E-state index is 13.1. The summed E-state index contributed by atoms with van der Waals surface area (Å²) in [6.45, 7) is 2.73. The Morgan fingerprint density at radius 2 is 1.90 bits per heavy atom. The lowest BCUT2D eigenvalue weighted by atomic mass is 9.95. The predicted octanol–water partition coefficient (Wildman–Crippen LogP) is 2.89. The van der Waals surface area contributed by atoms with Crippen LogP contribution >= 0.6 is 0 Å². The van der Waals surface area contributed by atoms with Crippen molar-refractivity contribution in [2.45, 2.75) is 19.8 Å². The lowest BCUT2D eigenvalue weighted by Gasteiger charge is -2.31. The topological polar surface area (TPSA) is 124 Å². The minimum absolute atomic E-state index is 0.0612. The number of nitro groups is 1. The van der Waals surface area contributed by atoms with Crippen LogP contribution in [0.3, 0.4) is 0 Å². The first kappa shape index (κ1) is 22.0. The van der Waals surface area contributed by atoms with Gasteiger partial charge in [0, 0.05) is 43.2 Å². The molecule has 0 saturated carbocycles. The van der Waals surface area contributed by atoms with Crippen molar-refractivity contribution in [2.75, 3.05) is 32.1 Å². The summed E-state index contributed by atoms with van der Waals surface area (Å²) in [5.74, 6) is -0.375. The van der Waals surface area contributed by atoms with Crippen LogP contribution < -0.4 is 14.8 Å². The number of piperidine rings is 1. The highest BCUT2D eigenvalue weighted by Gasteiger charge is 2.32. The molecule has 0 unspecified atom stereocenters. The maximum absolute atomic E-state index is 13.1. The van der Waals surface area contributed by atoms with Gasteiger partial charge in [0.05, 0.1) is 24.7 Å². The minimum atomic E-state index is -0.611. The smallest absolute Gasteiger partial charge is 0.286 e. The monoisotopic (exact) mass is 428 g/mol. The van der Waals surface area contributed by atoms with Gasteiger partial charge in [-0.05, 0) is 31.9 Å². The maximum Gasteiger partial charge on any atom is 0.286 e. The zero-order chi connectivity index (χ0) is 22.4. The van der Waals surface area contributed by atoms with Gasteiger partial charge in [0.2, 0.25) is 5.91 Å². The van der Waals surface area contributed by atoms with E-state index in [1.165, 1.54) is 24.1 Å². The van der Waals surface area contributed by atoms with Crippen molar-refractivity contribution in [3.8, 4) is 11.5 Å². The van der Waals surface area contributed by atoms with E-state index >= 15 is 0 Å². The molecule has 0 radical (unpaired) electrons. The summed E-state index contributed by atoms with van der Waals surface area (Å²) >= 11 is 0. The Hall–Kier alpha value is -3.69. The fourth-order valence-corrected chi connectivity index (χ4v) is 3.49. The molecule has 2 heterocycles. The SMILES string of the molecule is CCOc1cc(C(=O)N2CCC(C(=O)Nc3ccncc3)CC2)c([N+](=O)[O-])cc1OC. The van der Waals surface area contributed by atoms with Crippen LogP contribution in [0.25, 0.3) is 0 Å². The van der Waals surface area contributed by atoms with E-state index in [0.29, 0.717) is 38.2 Å². The van der Waals surface area contributed by atoms with Gasteiger partial charge in [-0.1, -0.05) is 0 Å². The van der Waals surface area contributed by atoms with Gasteiger partial charge in [-0.2, -0.15) is 0 Å². The Morgan fingerprint density at radius 3 is 2.48 bits per heavy atom. The second-order valence-electron chi connectivity index (χ2n) is 7.00. The molecule has 3 rings (SSSR count). The van der Waals surface area contributed by atoms with Crippen molar-refractivity contribution in [1.82, 2.24) is 9.88 Å². The molecule has 2 amide bonds. The number of hydrogen-bond acceptors (Lipinski definition) is 7. The number of pyridine rings is 1. The number of rotatable bonds is 7. The standard InChI is InChI=1S/C21H24N4O6/c1-3-31-19-12-16(17(25(28)29)13-18(19)30-2)21(27)24-10-6-14(7-11-24)20(26)23-15-4-8-22-9-5-15/h4-5,8-9,12-14H,3,6-7,10-11H2,1-2H3,(H,22,23,26). The number of hydrogen-bond donors (Lipinski definition) is 1. The third-order valence-electron chi connectivity index (χ3n) is 5.11. The van der Waals surface area contributed by atoms with Crippen LogP contribution in [0.1, 0.15) is 30.1 Å². The lowest BCUT2D eigenvalue weighted by Crippen LogP contribution is -2.41. The van der Waals surface area contributed by atoms with Crippen LogP contribution in [0.5, 0.6) is 11.5 Å². The van der Waals surface area contributed by atoms with Gasteiger partial charge in [0.1, 0.15) is 5.56 Å². The molecule has 31 heavy (non-hydrogen) atoms. The largest absolute Gasteiger partial charge is 0.493 e. The third kappa shape index (κ3) is 5.08. The quantitative estimate of drug-likeness (QED) is 0.531. The normalized spacial score (nSPS) is 14.1. The number of benzene rings is 1. The molecule has 0 aliphatic carbocycles. The van der Waals surface area contributed by atoms with Crippen LogP contribution in [-0.2, 0) is 4.79 Å². The number of anilines is 1. The molecule has 10 heteroatoms. The van der Waals surface area contributed by atoms with Gasteiger partial charge in [-0.3, -0.25) is 24.7 Å². The summed E-state index contributed by atoms with van der Waals surface area (Å²) < 4.78 is 10.6. The second kappa shape index (κ2) is 9.88. The fourth-order valence-electron chi connectivity index (χ4n) is 3.49. The van der Waals surface area contributed by atoms with Crippen molar-refractivity contribution in [3.63, 3.8) is 0 Å². The number of methoxy groups -OCH3 is 1. The summed E-state index contributed by atoms with van der Waals surface area (Å²) in [4.78, 5) is 41.9. The number of likely N-dealkylation sites (tertiary alicyclic amines) is 1. The van der Waals surface area contributed by atoms with E-state index in [1.54, 1.807) is 31.5 Å². The van der Waals surface area contributed by atoms with Crippen LogP contribution in [0, 0.1) is 16.0 Å². The molecule has 2 aromatic rings. The molecule has 1 aliphatic rings. The molecule has 0 bridgehead atoms. The molecule has 1 N–H and O–H groups in total. The number of nitrogens with zero attached hydrogens (tertiary/aromatic N) is 3. The Morgan fingerprint density at radius 1 is 1.23 bits per heavy atom. The van der Waals surface area contributed by atoms with Crippen LogP contribution in [0.15, 0.2) is 36.7 Å². The Kier molecular flexibility index (Phi) is 7.01. The highest BCUT2D eigenvalue weighted by molar-refractivity contribution is 5.99. The molecular weight excluding hydrogens is 404 g/mol. The number of ether oxygens (including phenoxy) is 2. The van der Waals surface area contributed by atoms with Gasteiger partial charge in [-0.15, -0.1) is 0 Å². The average molecular weight is 428 g/mol. The summed E-state index contributed by atoms with van der Waals surface area (Å²) in [5, 5.41) is 14.4. The highest BCUT2D eigenvalue weighted by atomic mass is 16.6. The molecule has 1 aromatic carbocycles. The molecule has 1 fully saturated rings. The van der Waals surface area contributed by atoms with E-state index in [-0.39, 0.29) is 34.6 Å². The minimum Gasteiger partial charge on any atom is -0.493 e. The van der Waals surface area contributed by atoms with E-state index in [4.69, 9.17) is 9.47 Å². The molecule has 0 atom stereocenters. The Bertz CT molecular complexity index is 958. The molecule has 1 aromatic heterocycles. The van der Waals surface area contributed by atoms with E-state index in [9.17, 15) is 19.7 Å². The number of nitrogens with one attached hydrogen (secondary N) is 1. The Labute approximate surface area is 179 Å². The van der Waals surface area contributed by atoms with Crippen molar-refractivity contribution in [3.05, 3.63) is 52.3 Å².